The molecule has 2 amide bonds. The van der Waals surface area contributed by atoms with E-state index in [0.717, 1.165) is 41.4 Å². The minimum absolute atomic E-state index is 0.0315. The van der Waals surface area contributed by atoms with Gasteiger partial charge in [-0.2, -0.15) is 5.10 Å². The lowest BCUT2D eigenvalue weighted by molar-refractivity contribution is 0.111. The lowest BCUT2D eigenvalue weighted by Crippen LogP contribution is -2.53. The monoisotopic (exact) mass is 310 g/mol. The van der Waals surface area contributed by atoms with Gasteiger partial charge in [0.25, 0.3) is 0 Å². The van der Waals surface area contributed by atoms with Gasteiger partial charge in [-0.05, 0) is 55.9 Å². The molecule has 0 radical (unpaired) electrons. The van der Waals surface area contributed by atoms with Crippen molar-refractivity contribution >= 4 is 11.7 Å². The number of rotatable bonds is 3. The number of aromatic nitrogens is 2. The maximum Gasteiger partial charge on any atom is 0.322 e. The Bertz CT molecular complexity index is 747. The Morgan fingerprint density at radius 1 is 1.26 bits per heavy atom. The third-order valence-corrected chi connectivity index (χ3v) is 4.97. The molecule has 0 spiro atoms. The van der Waals surface area contributed by atoms with Crippen molar-refractivity contribution < 1.29 is 4.79 Å². The van der Waals surface area contributed by atoms with Crippen molar-refractivity contribution in [2.45, 2.75) is 32.2 Å². The minimum Gasteiger partial charge on any atom is -0.321 e. The van der Waals surface area contributed by atoms with Gasteiger partial charge in [0, 0.05) is 37.1 Å². The van der Waals surface area contributed by atoms with Crippen LogP contribution in [0.15, 0.2) is 30.5 Å². The summed E-state index contributed by atoms with van der Waals surface area (Å²) >= 11 is 0. The normalized spacial score (nSPS) is 20.3. The van der Waals surface area contributed by atoms with Crippen LogP contribution in [0.3, 0.4) is 0 Å². The number of aryl methyl sites for hydroxylation is 2. The maximum absolute atomic E-state index is 12.5. The molecule has 1 saturated carbocycles. The van der Waals surface area contributed by atoms with Gasteiger partial charge >= 0.3 is 6.03 Å². The van der Waals surface area contributed by atoms with Crippen LogP contribution in [0.2, 0.25) is 0 Å². The number of amides is 2. The molecule has 1 saturated heterocycles. The van der Waals surface area contributed by atoms with Crippen molar-refractivity contribution in [3.05, 3.63) is 36.0 Å². The minimum atomic E-state index is 0.0315. The van der Waals surface area contributed by atoms with Crippen LogP contribution < -0.4 is 5.32 Å². The van der Waals surface area contributed by atoms with E-state index in [2.05, 4.69) is 17.3 Å². The van der Waals surface area contributed by atoms with Crippen LogP contribution in [-0.2, 0) is 7.05 Å². The highest BCUT2D eigenvalue weighted by molar-refractivity contribution is 5.91. The molecule has 120 valence electrons. The molecule has 0 bridgehead atoms. The summed E-state index contributed by atoms with van der Waals surface area (Å²) in [4.78, 5) is 14.5. The molecule has 1 N–H and O–H groups in total. The average Bonchev–Trinajstić information content (AvgIpc) is 3.20. The fraction of sp³-hybridized carbons (Fsp3) is 0.444. The fourth-order valence-corrected chi connectivity index (χ4v) is 3.36. The quantitative estimate of drug-likeness (QED) is 0.944. The number of carbonyl (C=O) groups excluding carboxylic acids is 1. The van der Waals surface area contributed by atoms with Gasteiger partial charge in [0.15, 0.2) is 0 Å². The predicted octanol–water partition coefficient (Wildman–Crippen LogP) is 3.41. The molecular formula is C18H22N4O. The van der Waals surface area contributed by atoms with Crippen molar-refractivity contribution in [2.75, 3.05) is 11.9 Å². The Morgan fingerprint density at radius 3 is 2.70 bits per heavy atom. The summed E-state index contributed by atoms with van der Waals surface area (Å²) in [7, 11) is 1.91. The molecule has 2 heterocycles. The summed E-state index contributed by atoms with van der Waals surface area (Å²) in [6.07, 6.45) is 5.65. The van der Waals surface area contributed by atoms with E-state index in [9.17, 15) is 4.79 Å². The lowest BCUT2D eigenvalue weighted by atomic mass is 9.99. The molecule has 1 aromatic carbocycles. The molecule has 23 heavy (non-hydrogen) atoms. The zero-order valence-electron chi connectivity index (χ0n) is 13.6. The van der Waals surface area contributed by atoms with E-state index in [0.29, 0.717) is 6.04 Å². The smallest absolute Gasteiger partial charge is 0.321 e. The fourth-order valence-electron chi connectivity index (χ4n) is 3.36. The van der Waals surface area contributed by atoms with Crippen LogP contribution >= 0.6 is 0 Å². The van der Waals surface area contributed by atoms with E-state index in [4.69, 9.17) is 0 Å². The first-order valence-corrected chi connectivity index (χ1v) is 8.30. The Balaban J connectivity index is 1.52. The number of likely N-dealkylation sites (tertiary alicyclic amines) is 1. The largest absolute Gasteiger partial charge is 0.322 e. The first-order valence-electron chi connectivity index (χ1n) is 8.30. The van der Waals surface area contributed by atoms with Gasteiger partial charge in [-0.15, -0.1) is 0 Å². The number of hydrogen-bond donors (Lipinski definition) is 1. The summed E-state index contributed by atoms with van der Waals surface area (Å²) in [5.74, 6) is 0.747. The first-order chi connectivity index (χ1) is 11.1. The van der Waals surface area contributed by atoms with E-state index in [-0.39, 0.29) is 6.03 Å². The van der Waals surface area contributed by atoms with Crippen molar-refractivity contribution in [1.29, 1.82) is 0 Å². The molecule has 1 atom stereocenters. The number of hydrogen-bond acceptors (Lipinski definition) is 2. The van der Waals surface area contributed by atoms with Gasteiger partial charge in [0.1, 0.15) is 0 Å². The van der Waals surface area contributed by atoms with Gasteiger partial charge in [-0.1, -0.05) is 6.07 Å². The Hall–Kier alpha value is -2.30. The Morgan fingerprint density at radius 2 is 2.09 bits per heavy atom. The number of nitrogens with zero attached hydrogens (tertiary/aromatic N) is 3. The molecular weight excluding hydrogens is 288 g/mol. The van der Waals surface area contributed by atoms with Crippen LogP contribution in [-0.4, -0.2) is 33.3 Å². The molecule has 1 aliphatic carbocycles. The number of urea groups is 1. The van der Waals surface area contributed by atoms with Crippen LogP contribution in [0.4, 0.5) is 10.5 Å². The van der Waals surface area contributed by atoms with E-state index in [1.54, 1.807) is 4.68 Å². The number of anilines is 1. The van der Waals surface area contributed by atoms with Crippen LogP contribution in [0.5, 0.6) is 0 Å². The maximum atomic E-state index is 12.5. The molecule has 4 rings (SSSR count). The van der Waals surface area contributed by atoms with E-state index in [1.807, 2.05) is 42.4 Å². The molecule has 2 aliphatic rings. The van der Waals surface area contributed by atoms with Gasteiger partial charge in [-0.25, -0.2) is 4.79 Å². The topological polar surface area (TPSA) is 50.2 Å². The van der Waals surface area contributed by atoms with Crippen molar-refractivity contribution in [2.24, 2.45) is 13.0 Å². The number of carbonyl (C=O) groups is 1. The Labute approximate surface area is 136 Å². The highest BCUT2D eigenvalue weighted by Gasteiger charge is 2.42. The van der Waals surface area contributed by atoms with Gasteiger partial charge < -0.3 is 10.2 Å². The van der Waals surface area contributed by atoms with Crippen LogP contribution in [0.1, 0.15) is 24.8 Å². The number of nitrogens with one attached hydrogen (secondary N) is 1. The third kappa shape index (κ3) is 2.71. The van der Waals surface area contributed by atoms with Crippen LogP contribution in [0, 0.1) is 12.8 Å². The molecule has 2 fully saturated rings. The molecule has 0 unspecified atom stereocenters. The van der Waals surface area contributed by atoms with Crippen molar-refractivity contribution in [3.63, 3.8) is 0 Å². The lowest BCUT2D eigenvalue weighted by Gasteiger charge is -2.41. The zero-order valence-corrected chi connectivity index (χ0v) is 13.6. The second-order valence-corrected chi connectivity index (χ2v) is 6.72. The van der Waals surface area contributed by atoms with E-state index >= 15 is 0 Å². The van der Waals surface area contributed by atoms with Gasteiger partial charge in [0.2, 0.25) is 0 Å². The average molecular weight is 310 g/mol. The molecule has 2 aromatic rings. The van der Waals surface area contributed by atoms with Crippen molar-refractivity contribution in [1.82, 2.24) is 14.7 Å². The predicted molar refractivity (Wildman–Crippen MR) is 90.2 cm³/mol. The van der Waals surface area contributed by atoms with Crippen molar-refractivity contribution in [3.8, 4) is 11.3 Å². The number of benzene rings is 1. The highest BCUT2D eigenvalue weighted by atomic mass is 16.2. The molecule has 1 aliphatic heterocycles. The zero-order chi connectivity index (χ0) is 16.0. The van der Waals surface area contributed by atoms with E-state index < -0.39 is 0 Å². The van der Waals surface area contributed by atoms with Gasteiger partial charge in [0.05, 0.1) is 5.69 Å². The third-order valence-electron chi connectivity index (χ3n) is 4.97. The summed E-state index contributed by atoms with van der Waals surface area (Å²) in [5, 5.41) is 7.51. The summed E-state index contributed by atoms with van der Waals surface area (Å²) in [6, 6.07) is 8.51. The summed E-state index contributed by atoms with van der Waals surface area (Å²) in [5.41, 5.74) is 3.98. The molecule has 1 aromatic heterocycles. The SMILES string of the molecule is Cc1ccc(NC(=O)N2CC[C@@H]2C2CC2)cc1-c1ccn(C)n1. The Kier molecular flexibility index (Phi) is 3.36. The first kappa shape index (κ1) is 14.3. The van der Waals surface area contributed by atoms with Crippen LogP contribution in [0.25, 0.3) is 11.3 Å². The van der Waals surface area contributed by atoms with E-state index in [1.165, 1.54) is 12.8 Å². The second kappa shape index (κ2) is 5.41. The summed E-state index contributed by atoms with van der Waals surface area (Å²) in [6.45, 7) is 2.94. The highest BCUT2D eigenvalue weighted by Crippen LogP contribution is 2.41. The second-order valence-electron chi connectivity index (χ2n) is 6.72. The molecule has 5 nitrogen and oxygen atoms in total. The van der Waals surface area contributed by atoms with Gasteiger partial charge in [-0.3, -0.25) is 4.68 Å². The summed E-state index contributed by atoms with van der Waals surface area (Å²) < 4.78 is 1.79. The standard InChI is InChI=1S/C18H22N4O/c1-12-3-6-14(11-15(12)16-7-9-21(2)20-16)19-18(23)22-10-8-17(22)13-4-5-13/h3,6-7,9,11,13,17H,4-5,8,10H2,1-2H3,(H,19,23)/t17-/m1/s1. The molecule has 5 heteroatoms.